The highest BCUT2D eigenvalue weighted by Crippen LogP contribution is 2.22. The fourth-order valence-corrected chi connectivity index (χ4v) is 4.06. The second-order valence-corrected chi connectivity index (χ2v) is 8.80. The van der Waals surface area contributed by atoms with Gasteiger partial charge in [0.2, 0.25) is 0 Å². The lowest BCUT2D eigenvalue weighted by atomic mass is 10.1. The topological polar surface area (TPSA) is 89.5 Å². The van der Waals surface area contributed by atoms with Crippen molar-refractivity contribution in [1.82, 2.24) is 0 Å². The standard InChI is InChI=1S/C21H18ClNO5S/c22-16-8-10-17(11-9-16)29(26,27)13-12-21(25)28-14-20(24)23-19-7-3-5-15-4-1-2-6-18(15)19/h1-11H,12-14H2,(H,23,24). The Hall–Kier alpha value is -2.90. The third-order valence-electron chi connectivity index (χ3n) is 4.18. The number of benzene rings is 3. The van der Waals surface area contributed by atoms with Crippen LogP contribution in [0.15, 0.2) is 71.6 Å². The summed E-state index contributed by atoms with van der Waals surface area (Å²) in [5.41, 5.74) is 0.606. The summed E-state index contributed by atoms with van der Waals surface area (Å²) >= 11 is 5.74. The monoisotopic (exact) mass is 431 g/mol. The molecule has 1 amide bonds. The van der Waals surface area contributed by atoms with E-state index in [1.54, 1.807) is 6.07 Å². The van der Waals surface area contributed by atoms with Gasteiger partial charge >= 0.3 is 5.97 Å². The van der Waals surface area contributed by atoms with Crippen LogP contribution in [-0.2, 0) is 24.2 Å². The molecule has 0 bridgehead atoms. The Kier molecular flexibility index (Phi) is 6.51. The van der Waals surface area contributed by atoms with Crippen molar-refractivity contribution in [2.24, 2.45) is 0 Å². The lowest BCUT2D eigenvalue weighted by Crippen LogP contribution is -2.22. The number of anilines is 1. The first-order chi connectivity index (χ1) is 13.8. The van der Waals surface area contributed by atoms with Gasteiger partial charge in [-0.3, -0.25) is 9.59 Å². The van der Waals surface area contributed by atoms with Crippen LogP contribution in [0.3, 0.4) is 0 Å². The molecule has 0 spiro atoms. The van der Waals surface area contributed by atoms with E-state index >= 15 is 0 Å². The summed E-state index contributed by atoms with van der Waals surface area (Å²) in [6.07, 6.45) is -0.355. The van der Waals surface area contributed by atoms with Gasteiger partial charge in [-0.05, 0) is 35.7 Å². The molecule has 0 aliphatic carbocycles. The quantitative estimate of drug-likeness (QED) is 0.574. The van der Waals surface area contributed by atoms with Crippen molar-refractivity contribution >= 4 is 49.8 Å². The van der Waals surface area contributed by atoms with E-state index in [4.69, 9.17) is 16.3 Å². The molecule has 0 unspecified atom stereocenters. The number of nitrogens with one attached hydrogen (secondary N) is 1. The van der Waals surface area contributed by atoms with Gasteiger partial charge in [0.1, 0.15) is 0 Å². The summed E-state index contributed by atoms with van der Waals surface area (Å²) in [5, 5.41) is 4.95. The van der Waals surface area contributed by atoms with Crippen LogP contribution in [0.5, 0.6) is 0 Å². The van der Waals surface area contributed by atoms with Gasteiger partial charge in [0, 0.05) is 16.1 Å². The van der Waals surface area contributed by atoms with E-state index in [0.717, 1.165) is 10.8 Å². The van der Waals surface area contributed by atoms with Gasteiger partial charge in [-0.25, -0.2) is 8.42 Å². The lowest BCUT2D eigenvalue weighted by Gasteiger charge is -2.09. The SMILES string of the molecule is O=C(COC(=O)CCS(=O)(=O)c1ccc(Cl)cc1)Nc1cccc2ccccc12. The van der Waals surface area contributed by atoms with Crippen molar-refractivity contribution in [3.63, 3.8) is 0 Å². The summed E-state index contributed by atoms with van der Waals surface area (Å²) in [7, 11) is -3.64. The van der Waals surface area contributed by atoms with Gasteiger partial charge < -0.3 is 10.1 Å². The number of carbonyl (C=O) groups excluding carboxylic acids is 2. The average molecular weight is 432 g/mol. The Labute approximate surface area is 173 Å². The highest BCUT2D eigenvalue weighted by atomic mass is 35.5. The number of ether oxygens (including phenoxy) is 1. The number of sulfone groups is 1. The first kappa shape index (κ1) is 20.8. The van der Waals surface area contributed by atoms with Crippen molar-refractivity contribution in [3.8, 4) is 0 Å². The predicted octanol–water partition coefficient (Wildman–Crippen LogP) is 3.84. The van der Waals surface area contributed by atoms with Gasteiger partial charge in [0.15, 0.2) is 16.4 Å². The summed E-state index contributed by atoms with van der Waals surface area (Å²) in [6.45, 7) is -0.497. The highest BCUT2D eigenvalue weighted by molar-refractivity contribution is 7.91. The van der Waals surface area contributed by atoms with Crippen LogP contribution in [0.25, 0.3) is 10.8 Å². The number of hydrogen-bond acceptors (Lipinski definition) is 5. The van der Waals surface area contributed by atoms with Crippen molar-refractivity contribution < 1.29 is 22.7 Å². The molecule has 0 aromatic heterocycles. The molecule has 0 heterocycles. The number of esters is 1. The molecule has 0 saturated carbocycles. The number of amides is 1. The molecule has 1 N–H and O–H groups in total. The van der Waals surface area contributed by atoms with Crippen LogP contribution < -0.4 is 5.32 Å². The lowest BCUT2D eigenvalue weighted by molar-refractivity contribution is -0.146. The number of halogens is 1. The van der Waals surface area contributed by atoms with Crippen LogP contribution >= 0.6 is 11.6 Å². The van der Waals surface area contributed by atoms with Gasteiger partial charge in [-0.1, -0.05) is 48.0 Å². The molecule has 3 aromatic rings. The van der Waals surface area contributed by atoms with E-state index in [1.807, 2.05) is 36.4 Å². The molecule has 0 atom stereocenters. The Morgan fingerprint density at radius 2 is 1.62 bits per heavy atom. The minimum Gasteiger partial charge on any atom is -0.456 e. The largest absolute Gasteiger partial charge is 0.456 e. The summed E-state index contributed by atoms with van der Waals surface area (Å²) in [6, 6.07) is 18.7. The van der Waals surface area contributed by atoms with E-state index in [0.29, 0.717) is 10.7 Å². The summed E-state index contributed by atoms with van der Waals surface area (Å²) in [5.74, 6) is -1.69. The second kappa shape index (κ2) is 9.07. The fraction of sp³-hybridized carbons (Fsp3) is 0.143. The Balaban J connectivity index is 1.51. The Morgan fingerprint density at radius 1 is 0.931 bits per heavy atom. The van der Waals surface area contributed by atoms with Crippen LogP contribution in [0, 0.1) is 0 Å². The zero-order valence-electron chi connectivity index (χ0n) is 15.3. The second-order valence-electron chi connectivity index (χ2n) is 6.26. The van der Waals surface area contributed by atoms with Gasteiger partial charge in [0.05, 0.1) is 17.1 Å². The third-order valence-corrected chi connectivity index (χ3v) is 6.16. The minimum atomic E-state index is -3.64. The Morgan fingerprint density at radius 3 is 2.38 bits per heavy atom. The molecule has 0 radical (unpaired) electrons. The molecule has 0 saturated heterocycles. The van der Waals surface area contributed by atoms with E-state index < -0.39 is 34.1 Å². The van der Waals surface area contributed by atoms with Crippen molar-refractivity contribution in [2.45, 2.75) is 11.3 Å². The summed E-state index contributed by atoms with van der Waals surface area (Å²) in [4.78, 5) is 24.0. The average Bonchev–Trinajstić information content (AvgIpc) is 2.71. The van der Waals surface area contributed by atoms with Crippen LogP contribution in [0.2, 0.25) is 5.02 Å². The molecular formula is C21H18ClNO5S. The van der Waals surface area contributed by atoms with Gasteiger partial charge in [0.25, 0.3) is 5.91 Å². The molecule has 29 heavy (non-hydrogen) atoms. The molecule has 3 aromatic carbocycles. The van der Waals surface area contributed by atoms with E-state index in [9.17, 15) is 18.0 Å². The molecule has 8 heteroatoms. The fourth-order valence-electron chi connectivity index (χ4n) is 2.72. The smallest absolute Gasteiger partial charge is 0.307 e. The molecular weight excluding hydrogens is 414 g/mol. The minimum absolute atomic E-state index is 0.0726. The molecule has 3 rings (SSSR count). The van der Waals surface area contributed by atoms with E-state index in [-0.39, 0.29) is 11.3 Å². The van der Waals surface area contributed by atoms with Crippen LogP contribution in [0.1, 0.15) is 6.42 Å². The maximum Gasteiger partial charge on any atom is 0.307 e. The van der Waals surface area contributed by atoms with Crippen LogP contribution in [0.4, 0.5) is 5.69 Å². The number of fused-ring (bicyclic) bond motifs is 1. The first-order valence-electron chi connectivity index (χ1n) is 8.77. The van der Waals surface area contributed by atoms with Gasteiger partial charge in [-0.2, -0.15) is 0 Å². The van der Waals surface area contributed by atoms with Crippen molar-refractivity contribution in [2.75, 3.05) is 17.7 Å². The number of carbonyl (C=O) groups is 2. The predicted molar refractivity (Wildman–Crippen MR) is 112 cm³/mol. The van der Waals surface area contributed by atoms with E-state index in [1.165, 1.54) is 24.3 Å². The molecule has 0 fully saturated rings. The highest BCUT2D eigenvalue weighted by Gasteiger charge is 2.18. The van der Waals surface area contributed by atoms with Gasteiger partial charge in [-0.15, -0.1) is 0 Å². The zero-order valence-corrected chi connectivity index (χ0v) is 16.9. The molecule has 6 nitrogen and oxygen atoms in total. The third kappa shape index (κ3) is 5.56. The Bertz CT molecular complexity index is 1140. The normalized spacial score (nSPS) is 11.2. The maximum atomic E-state index is 12.2. The van der Waals surface area contributed by atoms with Crippen LogP contribution in [-0.4, -0.2) is 32.7 Å². The van der Waals surface area contributed by atoms with Crippen molar-refractivity contribution in [3.05, 3.63) is 71.8 Å². The summed E-state index contributed by atoms with van der Waals surface area (Å²) < 4.78 is 29.3. The van der Waals surface area contributed by atoms with E-state index in [2.05, 4.69) is 5.32 Å². The molecule has 0 aliphatic rings. The maximum absolute atomic E-state index is 12.2. The number of rotatable bonds is 7. The molecule has 0 aliphatic heterocycles. The number of hydrogen-bond donors (Lipinski definition) is 1. The first-order valence-corrected chi connectivity index (χ1v) is 10.8. The zero-order chi connectivity index (χ0) is 20.9. The molecule has 150 valence electrons. The van der Waals surface area contributed by atoms with Crippen molar-refractivity contribution in [1.29, 1.82) is 0 Å².